The maximum atomic E-state index is 13.6. The summed E-state index contributed by atoms with van der Waals surface area (Å²) in [6, 6.07) is -0.172. The van der Waals surface area contributed by atoms with Crippen LogP contribution < -0.4 is 16.0 Å². The first-order chi connectivity index (χ1) is 25.3. The second-order valence-corrected chi connectivity index (χ2v) is 14.2. The number of ether oxygens (including phenoxy) is 3. The van der Waals surface area contributed by atoms with E-state index in [1.165, 1.54) is 21.3 Å². The van der Waals surface area contributed by atoms with Gasteiger partial charge in [-0.1, -0.05) is 32.6 Å². The summed E-state index contributed by atoms with van der Waals surface area (Å²) in [5, 5.41) is 15.4. The number of allylic oxidation sites excluding steroid dienone is 6. The number of rotatable bonds is 9. The van der Waals surface area contributed by atoms with E-state index in [4.69, 9.17) is 24.2 Å². The predicted octanol–water partition coefficient (Wildman–Crippen LogP) is 3.82. The first-order valence-electron chi connectivity index (χ1n) is 17.8. The molecule has 4 aliphatic heterocycles. The molecule has 0 radical (unpaired) electrons. The van der Waals surface area contributed by atoms with Gasteiger partial charge in [0, 0.05) is 63.3 Å². The molecule has 12 heteroatoms. The number of H-pyrrole nitrogens is 1. The first kappa shape index (κ1) is 37.2. The lowest BCUT2D eigenvalue weighted by Crippen LogP contribution is -2.47. The molecule has 278 valence electrons. The number of fused-ring (bicyclic) bond motifs is 9. The van der Waals surface area contributed by atoms with Crippen molar-refractivity contribution in [2.45, 2.75) is 65.8 Å². The van der Waals surface area contributed by atoms with Crippen LogP contribution in [-0.4, -0.2) is 72.8 Å². The third-order valence-electron chi connectivity index (χ3n) is 11.6. The number of nitrogens with zero attached hydrogens (tertiary/aromatic N) is 2. The summed E-state index contributed by atoms with van der Waals surface area (Å²) < 4.78 is 15.2. The van der Waals surface area contributed by atoms with E-state index in [9.17, 15) is 24.3 Å². The van der Waals surface area contributed by atoms with E-state index in [1.54, 1.807) is 12.2 Å². The average molecular weight is 723 g/mol. The molecular formula is C41H46N4O8. The number of carboxylic acids is 1. The van der Waals surface area contributed by atoms with E-state index in [2.05, 4.69) is 29.9 Å². The number of methoxy groups -OCH3 is 3. The molecule has 5 aliphatic rings. The normalized spacial score (nSPS) is 29.0. The number of aliphatic carboxylic acids is 1. The zero-order chi connectivity index (χ0) is 38.4. The summed E-state index contributed by atoms with van der Waals surface area (Å²) in [6.07, 6.45) is 12.8. The lowest BCUT2D eigenvalue weighted by atomic mass is 9.59. The highest BCUT2D eigenvalue weighted by Crippen LogP contribution is 2.55. The minimum Gasteiger partial charge on any atom is -0.478 e. The minimum absolute atomic E-state index is 0.00587. The van der Waals surface area contributed by atoms with E-state index in [0.29, 0.717) is 41.7 Å². The summed E-state index contributed by atoms with van der Waals surface area (Å²) in [4.78, 5) is 64.7. The van der Waals surface area contributed by atoms with Crippen LogP contribution in [0.2, 0.25) is 0 Å². The second kappa shape index (κ2) is 14.5. The van der Waals surface area contributed by atoms with Crippen molar-refractivity contribution in [3.8, 4) is 0 Å². The highest BCUT2D eigenvalue weighted by atomic mass is 16.5. The molecular weight excluding hydrogens is 676 g/mol. The van der Waals surface area contributed by atoms with E-state index in [-0.39, 0.29) is 48.2 Å². The van der Waals surface area contributed by atoms with Crippen molar-refractivity contribution < 1.29 is 38.5 Å². The Morgan fingerprint density at radius 1 is 1.00 bits per heavy atom. The van der Waals surface area contributed by atoms with Gasteiger partial charge in [-0.3, -0.25) is 19.4 Å². The number of aromatic amines is 1. The number of esters is 3. The van der Waals surface area contributed by atoms with Crippen molar-refractivity contribution in [2.75, 3.05) is 21.3 Å². The van der Waals surface area contributed by atoms with Crippen LogP contribution in [-0.2, 0) is 39.8 Å². The number of carboxylic acid groups (broad SMARTS) is 1. The van der Waals surface area contributed by atoms with Gasteiger partial charge in [0.15, 0.2) is 0 Å². The van der Waals surface area contributed by atoms with E-state index in [1.807, 2.05) is 39.0 Å². The molecule has 5 unspecified atom stereocenters. The van der Waals surface area contributed by atoms with Gasteiger partial charge in [0.25, 0.3) is 0 Å². The van der Waals surface area contributed by atoms with Crippen LogP contribution in [0.1, 0.15) is 57.6 Å². The van der Waals surface area contributed by atoms with Crippen LogP contribution >= 0.6 is 0 Å². The molecule has 1 aliphatic carbocycles. The van der Waals surface area contributed by atoms with Crippen LogP contribution in [0, 0.1) is 30.1 Å². The molecule has 0 aromatic carbocycles. The molecule has 1 aromatic heterocycles. The molecule has 5 atom stereocenters. The van der Waals surface area contributed by atoms with Crippen LogP contribution in [0.3, 0.4) is 0 Å². The van der Waals surface area contributed by atoms with Gasteiger partial charge in [-0.25, -0.2) is 9.79 Å². The fourth-order valence-corrected chi connectivity index (χ4v) is 8.44. The number of carbonyl (C=O) groups is 4. The number of nitrogens with one attached hydrogen (secondary N) is 2. The smallest absolute Gasteiger partial charge is 0.332 e. The molecule has 1 aromatic rings. The molecule has 0 amide bonds. The van der Waals surface area contributed by atoms with Gasteiger partial charge < -0.3 is 29.6 Å². The van der Waals surface area contributed by atoms with Crippen LogP contribution in [0.15, 0.2) is 80.3 Å². The molecule has 6 rings (SSSR count). The number of aromatic nitrogens is 1. The lowest BCUT2D eigenvalue weighted by Gasteiger charge is -2.41. The molecule has 3 N–H and O–H groups in total. The van der Waals surface area contributed by atoms with E-state index >= 15 is 0 Å². The van der Waals surface area contributed by atoms with Gasteiger partial charge in [0.1, 0.15) is 5.92 Å². The Morgan fingerprint density at radius 3 is 2.34 bits per heavy atom. The van der Waals surface area contributed by atoms with Crippen LogP contribution in [0.5, 0.6) is 0 Å². The fourth-order valence-electron chi connectivity index (χ4n) is 8.44. The Balaban J connectivity index is 1.67. The summed E-state index contributed by atoms with van der Waals surface area (Å²) >= 11 is 0. The topological polar surface area (TPSA) is 169 Å². The lowest BCUT2D eigenvalue weighted by molar-refractivity contribution is -0.150. The van der Waals surface area contributed by atoms with Gasteiger partial charge in [-0.15, -0.1) is 0 Å². The summed E-state index contributed by atoms with van der Waals surface area (Å²) in [5.41, 5.74) is 6.92. The number of aliphatic imine (C=N–C) groups is 2. The molecule has 12 nitrogen and oxygen atoms in total. The summed E-state index contributed by atoms with van der Waals surface area (Å²) in [7, 11) is 3.99. The van der Waals surface area contributed by atoms with Crippen LogP contribution in [0.4, 0.5) is 0 Å². The van der Waals surface area contributed by atoms with Crippen molar-refractivity contribution >= 4 is 47.5 Å². The highest BCUT2D eigenvalue weighted by Gasteiger charge is 2.57. The quantitative estimate of drug-likeness (QED) is 0.254. The van der Waals surface area contributed by atoms with Gasteiger partial charge in [-0.05, 0) is 79.7 Å². The molecule has 53 heavy (non-hydrogen) atoms. The summed E-state index contributed by atoms with van der Waals surface area (Å²) in [5.74, 6) is -4.02. The van der Waals surface area contributed by atoms with E-state index < -0.39 is 23.3 Å². The summed E-state index contributed by atoms with van der Waals surface area (Å²) in [6.45, 7) is 12.0. The Kier molecular flexibility index (Phi) is 10.2. The van der Waals surface area contributed by atoms with Crippen molar-refractivity contribution in [2.24, 2.45) is 33.2 Å². The van der Waals surface area contributed by atoms with Crippen molar-refractivity contribution in [1.82, 2.24) is 10.3 Å². The largest absolute Gasteiger partial charge is 0.478 e. The Hall–Kier alpha value is -5.52. The molecule has 0 saturated carbocycles. The SMILES string of the molecule is C=CC1=C(C)C2=NC/1=C\C1NC(=C(CCC(=O)OC)C1C)/C=c1\[nH]/c(c(C)c1CCC(=O)OC)=C\C1=NC(=C\2)/C2CC=C(C(=O)O)C(C(=O)OC)C12C. The molecule has 8 bridgehead atoms. The third-order valence-corrected chi connectivity index (χ3v) is 11.6. The van der Waals surface area contributed by atoms with Crippen molar-refractivity contribution in [1.29, 1.82) is 0 Å². The first-order valence-corrected chi connectivity index (χ1v) is 17.8. The maximum absolute atomic E-state index is 13.6. The highest BCUT2D eigenvalue weighted by molar-refractivity contribution is 6.19. The second-order valence-electron chi connectivity index (χ2n) is 14.2. The molecule has 0 saturated heterocycles. The molecule has 0 fully saturated rings. The van der Waals surface area contributed by atoms with Crippen LogP contribution in [0.25, 0.3) is 12.2 Å². The van der Waals surface area contributed by atoms with Gasteiger partial charge in [-0.2, -0.15) is 0 Å². The van der Waals surface area contributed by atoms with Gasteiger partial charge in [0.05, 0.1) is 44.5 Å². The minimum atomic E-state index is -1.19. The van der Waals surface area contributed by atoms with Gasteiger partial charge >= 0.3 is 23.9 Å². The number of carbonyl (C=O) groups excluding carboxylic acids is 3. The monoisotopic (exact) mass is 722 g/mol. The molecule has 0 spiro atoms. The van der Waals surface area contributed by atoms with Gasteiger partial charge in [0.2, 0.25) is 0 Å². The van der Waals surface area contributed by atoms with Crippen molar-refractivity contribution in [3.63, 3.8) is 0 Å². The zero-order valence-corrected chi connectivity index (χ0v) is 31.2. The predicted molar refractivity (Wildman–Crippen MR) is 200 cm³/mol. The Morgan fingerprint density at radius 2 is 1.70 bits per heavy atom. The Bertz CT molecular complexity index is 2170. The third kappa shape index (κ3) is 6.44. The maximum Gasteiger partial charge on any atom is 0.332 e. The number of hydrogen-bond donors (Lipinski definition) is 3. The zero-order valence-electron chi connectivity index (χ0n) is 31.2. The van der Waals surface area contributed by atoms with Crippen molar-refractivity contribution in [3.05, 3.63) is 92.1 Å². The molecule has 5 heterocycles. The van der Waals surface area contributed by atoms with E-state index in [0.717, 1.165) is 44.6 Å². The standard InChI is InChI=1S/C41H46N4O8/c1-9-23-20(2)29-17-34-27-13-10-26(39(48)49)38(40(50)53-8)41(27,5)35(45-34)19-30-22(4)25(12-15-37(47)52-7)33(44-30)18-32-24(11-14-36(46)51-6)21(3)28(43-32)16-31(23)42-29/h9-10,16-19,21,27-28,38,43-44H,1,11-15H2,2-8H3,(H,48,49)/b30-19-,31-16-,33-18-,34-17-. The number of hydrogen-bond acceptors (Lipinski definition) is 10. The average Bonchev–Trinajstić information content (AvgIpc) is 3.79. The fraction of sp³-hybridized carbons (Fsp3) is 0.415. The Labute approximate surface area is 308 Å².